The molecule has 0 fully saturated rings. The van der Waals surface area contributed by atoms with Gasteiger partial charge in [0.05, 0.1) is 0 Å². The maximum atomic E-state index is 3.64. The molecule has 0 aliphatic carbocycles. The zero-order valence-corrected chi connectivity index (χ0v) is 14.0. The maximum Gasteiger partial charge on any atom is 0.0253 e. The van der Waals surface area contributed by atoms with Crippen LogP contribution in [-0.2, 0) is 6.42 Å². The van der Waals surface area contributed by atoms with Crippen LogP contribution >= 0.6 is 15.9 Å². The molecule has 0 atom stereocenters. The van der Waals surface area contributed by atoms with Crippen molar-refractivity contribution in [2.75, 3.05) is 13.1 Å². The first kappa shape index (κ1) is 15.5. The van der Waals surface area contributed by atoms with Crippen molar-refractivity contribution in [2.45, 2.75) is 33.1 Å². The van der Waals surface area contributed by atoms with E-state index < -0.39 is 0 Å². The van der Waals surface area contributed by atoms with Crippen LogP contribution < -0.4 is 5.32 Å². The van der Waals surface area contributed by atoms with E-state index in [2.05, 4.69) is 71.5 Å². The highest BCUT2D eigenvalue weighted by Crippen LogP contribution is 2.27. The smallest absolute Gasteiger partial charge is 0.0253 e. The Kier molecular flexibility index (Phi) is 6.06. The molecule has 0 bridgehead atoms. The van der Waals surface area contributed by atoms with E-state index in [1.807, 2.05) is 0 Å². The second kappa shape index (κ2) is 7.80. The average Bonchev–Trinajstić information content (AvgIpc) is 2.45. The number of fused-ring (bicyclic) bond motifs is 1. The number of benzene rings is 2. The van der Waals surface area contributed by atoms with Gasteiger partial charge in [0.25, 0.3) is 0 Å². The van der Waals surface area contributed by atoms with Crippen molar-refractivity contribution in [3.8, 4) is 0 Å². The summed E-state index contributed by atoms with van der Waals surface area (Å²) in [5.74, 6) is 0.741. The summed E-state index contributed by atoms with van der Waals surface area (Å²) < 4.78 is 1.19. The van der Waals surface area contributed by atoms with Crippen LogP contribution in [0.1, 0.15) is 32.3 Å². The molecule has 2 rings (SSSR count). The monoisotopic (exact) mass is 333 g/mol. The normalized spacial score (nSPS) is 11.4. The molecule has 0 aromatic heterocycles. The van der Waals surface area contributed by atoms with Crippen LogP contribution in [0.5, 0.6) is 0 Å². The van der Waals surface area contributed by atoms with Gasteiger partial charge < -0.3 is 5.32 Å². The fraction of sp³-hybridized carbons (Fsp3) is 0.444. The SMILES string of the molecule is CC(C)CNCCCCc1ccc(Br)c2ccccc12. The van der Waals surface area contributed by atoms with Crippen LogP contribution in [0, 0.1) is 5.92 Å². The lowest BCUT2D eigenvalue weighted by Gasteiger charge is -2.09. The van der Waals surface area contributed by atoms with Gasteiger partial charge in [0.15, 0.2) is 0 Å². The minimum Gasteiger partial charge on any atom is -0.316 e. The topological polar surface area (TPSA) is 12.0 Å². The van der Waals surface area contributed by atoms with E-state index in [0.29, 0.717) is 0 Å². The highest BCUT2D eigenvalue weighted by molar-refractivity contribution is 9.10. The van der Waals surface area contributed by atoms with Gasteiger partial charge in [-0.15, -0.1) is 0 Å². The predicted molar refractivity (Wildman–Crippen MR) is 92.3 cm³/mol. The Morgan fingerprint density at radius 1 is 1.00 bits per heavy atom. The molecule has 1 N–H and O–H groups in total. The number of hydrogen-bond acceptors (Lipinski definition) is 1. The maximum absolute atomic E-state index is 3.64. The summed E-state index contributed by atoms with van der Waals surface area (Å²) in [4.78, 5) is 0. The third-order valence-corrected chi connectivity index (χ3v) is 4.25. The number of hydrogen-bond donors (Lipinski definition) is 1. The predicted octanol–water partition coefficient (Wildman–Crippen LogP) is 5.17. The van der Waals surface area contributed by atoms with Crippen molar-refractivity contribution in [1.29, 1.82) is 0 Å². The summed E-state index contributed by atoms with van der Waals surface area (Å²) >= 11 is 3.64. The van der Waals surface area contributed by atoms with Crippen molar-refractivity contribution >= 4 is 26.7 Å². The molecule has 0 amide bonds. The largest absolute Gasteiger partial charge is 0.316 e. The molecule has 0 saturated carbocycles. The van der Waals surface area contributed by atoms with E-state index >= 15 is 0 Å². The molecule has 2 aromatic carbocycles. The molecule has 0 heterocycles. The molecule has 0 saturated heterocycles. The van der Waals surface area contributed by atoms with E-state index in [1.165, 1.54) is 33.7 Å². The van der Waals surface area contributed by atoms with E-state index in [9.17, 15) is 0 Å². The number of aryl methyl sites for hydroxylation is 1. The Labute approximate surface area is 130 Å². The highest BCUT2D eigenvalue weighted by Gasteiger charge is 2.03. The first-order valence-electron chi connectivity index (χ1n) is 7.55. The molecular formula is C18H24BrN. The molecule has 108 valence electrons. The number of unbranched alkanes of at least 4 members (excludes halogenated alkanes) is 1. The first-order chi connectivity index (χ1) is 9.68. The molecule has 2 heteroatoms. The number of nitrogens with one attached hydrogen (secondary N) is 1. The van der Waals surface area contributed by atoms with Gasteiger partial charge in [-0.3, -0.25) is 0 Å². The Balaban J connectivity index is 1.89. The fourth-order valence-corrected chi connectivity index (χ4v) is 2.98. The third kappa shape index (κ3) is 4.32. The minimum absolute atomic E-state index is 0.741. The van der Waals surface area contributed by atoms with Gasteiger partial charge in [-0.25, -0.2) is 0 Å². The van der Waals surface area contributed by atoms with E-state index in [0.717, 1.165) is 25.4 Å². The minimum atomic E-state index is 0.741. The van der Waals surface area contributed by atoms with Gasteiger partial charge in [-0.05, 0) is 60.7 Å². The number of rotatable bonds is 7. The van der Waals surface area contributed by atoms with Crippen molar-refractivity contribution in [1.82, 2.24) is 5.32 Å². The standard InChI is InChI=1S/C18H24BrN/c1-14(2)13-20-12-6-5-7-15-10-11-18(19)17-9-4-3-8-16(15)17/h3-4,8-11,14,20H,5-7,12-13H2,1-2H3. The van der Waals surface area contributed by atoms with Gasteiger partial charge in [0.2, 0.25) is 0 Å². The summed E-state index contributed by atoms with van der Waals surface area (Å²) in [6, 6.07) is 13.1. The summed E-state index contributed by atoms with van der Waals surface area (Å²) in [6.07, 6.45) is 3.66. The second-order valence-corrected chi connectivity index (χ2v) is 6.66. The Hall–Kier alpha value is -0.860. The molecule has 20 heavy (non-hydrogen) atoms. The third-order valence-electron chi connectivity index (χ3n) is 3.56. The Morgan fingerprint density at radius 2 is 1.75 bits per heavy atom. The van der Waals surface area contributed by atoms with Gasteiger partial charge in [0.1, 0.15) is 0 Å². The van der Waals surface area contributed by atoms with Crippen molar-refractivity contribution in [2.24, 2.45) is 5.92 Å². The summed E-state index contributed by atoms with van der Waals surface area (Å²) in [6.45, 7) is 6.76. The lowest BCUT2D eigenvalue weighted by atomic mass is 10.0. The van der Waals surface area contributed by atoms with Gasteiger partial charge in [-0.2, -0.15) is 0 Å². The average molecular weight is 334 g/mol. The zero-order valence-electron chi connectivity index (χ0n) is 12.5. The van der Waals surface area contributed by atoms with E-state index in [-0.39, 0.29) is 0 Å². The van der Waals surface area contributed by atoms with Crippen LogP contribution in [0.3, 0.4) is 0 Å². The highest BCUT2D eigenvalue weighted by atomic mass is 79.9. The Bertz CT molecular complexity index is 548. The Morgan fingerprint density at radius 3 is 2.50 bits per heavy atom. The van der Waals surface area contributed by atoms with E-state index in [4.69, 9.17) is 0 Å². The molecular weight excluding hydrogens is 310 g/mol. The lowest BCUT2D eigenvalue weighted by molar-refractivity contribution is 0.536. The first-order valence-corrected chi connectivity index (χ1v) is 8.34. The molecule has 0 radical (unpaired) electrons. The van der Waals surface area contributed by atoms with Crippen molar-refractivity contribution < 1.29 is 0 Å². The zero-order chi connectivity index (χ0) is 14.4. The van der Waals surface area contributed by atoms with Crippen LogP contribution in [0.2, 0.25) is 0 Å². The van der Waals surface area contributed by atoms with Crippen LogP contribution in [0.15, 0.2) is 40.9 Å². The van der Waals surface area contributed by atoms with E-state index in [1.54, 1.807) is 0 Å². The lowest BCUT2D eigenvalue weighted by Crippen LogP contribution is -2.20. The molecule has 1 nitrogen and oxygen atoms in total. The second-order valence-electron chi connectivity index (χ2n) is 5.81. The summed E-state index contributed by atoms with van der Waals surface area (Å²) in [5.41, 5.74) is 1.47. The van der Waals surface area contributed by atoms with Gasteiger partial charge in [-0.1, -0.05) is 60.1 Å². The summed E-state index contributed by atoms with van der Waals surface area (Å²) in [7, 11) is 0. The van der Waals surface area contributed by atoms with Crippen LogP contribution in [0.25, 0.3) is 10.8 Å². The van der Waals surface area contributed by atoms with Crippen molar-refractivity contribution in [3.05, 3.63) is 46.4 Å². The molecule has 0 aliphatic heterocycles. The summed E-state index contributed by atoms with van der Waals surface area (Å²) in [5, 5.41) is 6.22. The van der Waals surface area contributed by atoms with Gasteiger partial charge in [0, 0.05) is 4.47 Å². The number of halogens is 1. The molecule has 0 aliphatic rings. The quantitative estimate of drug-likeness (QED) is 0.689. The van der Waals surface area contributed by atoms with Gasteiger partial charge >= 0.3 is 0 Å². The molecule has 2 aromatic rings. The fourth-order valence-electron chi connectivity index (χ4n) is 2.50. The van der Waals surface area contributed by atoms with Crippen LogP contribution in [0.4, 0.5) is 0 Å². The van der Waals surface area contributed by atoms with Crippen molar-refractivity contribution in [3.63, 3.8) is 0 Å². The van der Waals surface area contributed by atoms with Crippen LogP contribution in [-0.4, -0.2) is 13.1 Å². The molecule has 0 spiro atoms. The molecule has 0 unspecified atom stereocenters.